The van der Waals surface area contributed by atoms with Crippen molar-refractivity contribution in [1.82, 2.24) is 15.5 Å². The molecule has 0 radical (unpaired) electrons. The van der Waals surface area contributed by atoms with E-state index in [0.29, 0.717) is 5.91 Å². The van der Waals surface area contributed by atoms with E-state index < -0.39 is 0 Å². The maximum absolute atomic E-state index is 12.5. The van der Waals surface area contributed by atoms with Crippen LogP contribution in [0.4, 0.5) is 0 Å². The van der Waals surface area contributed by atoms with E-state index in [9.17, 15) is 4.79 Å². The van der Waals surface area contributed by atoms with Crippen molar-refractivity contribution < 1.29 is 4.79 Å². The van der Waals surface area contributed by atoms with Crippen LogP contribution in [0.1, 0.15) is 37.7 Å². The Hall–Kier alpha value is -1.75. The first-order chi connectivity index (χ1) is 12.7. The topological polar surface area (TPSA) is 56.7 Å². The standard InChI is InChI=1S/C20H29ClN4O/c1-22-20(23-12-10-15-6-4-5-9-18(15)21)24-17-11-13-25(14-17)19(26)16-7-2-3-8-16/h4-6,9,16-17H,2-3,7-8,10-14H2,1H3,(H2,22,23,24). The number of benzene rings is 1. The number of hydrogen-bond donors (Lipinski definition) is 2. The molecule has 1 aliphatic heterocycles. The van der Waals surface area contributed by atoms with Crippen molar-refractivity contribution in [1.29, 1.82) is 0 Å². The lowest BCUT2D eigenvalue weighted by Crippen LogP contribution is -2.45. The normalized spacial score (nSPS) is 21.2. The molecule has 1 aromatic carbocycles. The van der Waals surface area contributed by atoms with Crippen molar-refractivity contribution in [2.45, 2.75) is 44.6 Å². The Kier molecular flexibility index (Phi) is 6.78. The van der Waals surface area contributed by atoms with Crippen LogP contribution in [0, 0.1) is 5.92 Å². The van der Waals surface area contributed by atoms with Gasteiger partial charge in [-0.1, -0.05) is 42.6 Å². The number of carbonyl (C=O) groups excluding carboxylic acids is 1. The van der Waals surface area contributed by atoms with Crippen LogP contribution in [0.3, 0.4) is 0 Å². The maximum Gasteiger partial charge on any atom is 0.225 e. The fourth-order valence-corrected chi connectivity index (χ4v) is 4.14. The molecule has 6 heteroatoms. The third kappa shape index (κ3) is 4.91. The maximum atomic E-state index is 12.5. The van der Waals surface area contributed by atoms with Crippen LogP contribution in [-0.2, 0) is 11.2 Å². The second kappa shape index (κ2) is 9.26. The lowest BCUT2D eigenvalue weighted by Gasteiger charge is -2.21. The van der Waals surface area contributed by atoms with E-state index in [0.717, 1.165) is 61.9 Å². The predicted octanol–water partition coefficient (Wildman–Crippen LogP) is 2.84. The average molecular weight is 377 g/mol. The highest BCUT2D eigenvalue weighted by atomic mass is 35.5. The van der Waals surface area contributed by atoms with E-state index in [2.05, 4.69) is 15.6 Å². The highest BCUT2D eigenvalue weighted by molar-refractivity contribution is 6.31. The molecule has 5 nitrogen and oxygen atoms in total. The van der Waals surface area contributed by atoms with E-state index in [1.807, 2.05) is 29.2 Å². The molecular formula is C20H29ClN4O. The summed E-state index contributed by atoms with van der Waals surface area (Å²) in [5.74, 6) is 1.41. The molecule has 2 aliphatic rings. The highest BCUT2D eigenvalue weighted by Crippen LogP contribution is 2.27. The number of rotatable bonds is 5. The number of aliphatic imine (C=N–C) groups is 1. The first-order valence-corrected chi connectivity index (χ1v) is 10.0. The molecule has 2 fully saturated rings. The largest absolute Gasteiger partial charge is 0.356 e. The highest BCUT2D eigenvalue weighted by Gasteiger charge is 2.32. The fraction of sp³-hybridized carbons (Fsp3) is 0.600. The van der Waals surface area contributed by atoms with Crippen LogP contribution < -0.4 is 10.6 Å². The molecular weight excluding hydrogens is 348 g/mol. The fourth-order valence-electron chi connectivity index (χ4n) is 3.91. The number of nitrogens with zero attached hydrogens (tertiary/aromatic N) is 2. The van der Waals surface area contributed by atoms with Gasteiger partial charge in [0.15, 0.2) is 5.96 Å². The first-order valence-electron chi connectivity index (χ1n) is 9.66. The minimum absolute atomic E-state index is 0.266. The van der Waals surface area contributed by atoms with Crippen LogP contribution in [-0.4, -0.2) is 49.5 Å². The van der Waals surface area contributed by atoms with Crippen LogP contribution in [0.25, 0.3) is 0 Å². The number of hydrogen-bond acceptors (Lipinski definition) is 2. The van der Waals surface area contributed by atoms with Gasteiger partial charge in [0.25, 0.3) is 0 Å². The monoisotopic (exact) mass is 376 g/mol. The van der Waals surface area contributed by atoms with Crippen LogP contribution in [0.5, 0.6) is 0 Å². The van der Waals surface area contributed by atoms with E-state index in [-0.39, 0.29) is 12.0 Å². The Labute approximate surface area is 161 Å². The third-order valence-corrected chi connectivity index (χ3v) is 5.78. The van der Waals surface area contributed by atoms with Crippen molar-refractivity contribution in [3.63, 3.8) is 0 Å². The molecule has 1 atom stereocenters. The summed E-state index contributed by atoms with van der Waals surface area (Å²) in [4.78, 5) is 18.9. The summed E-state index contributed by atoms with van der Waals surface area (Å²) in [6, 6.07) is 8.18. The van der Waals surface area contributed by atoms with Crippen molar-refractivity contribution >= 4 is 23.5 Å². The molecule has 2 N–H and O–H groups in total. The number of halogens is 1. The molecule has 3 rings (SSSR count). The molecule has 1 heterocycles. The van der Waals surface area contributed by atoms with Crippen LogP contribution >= 0.6 is 11.6 Å². The van der Waals surface area contributed by atoms with Gasteiger partial charge in [-0.3, -0.25) is 9.79 Å². The summed E-state index contributed by atoms with van der Waals surface area (Å²) in [5.41, 5.74) is 1.13. The third-order valence-electron chi connectivity index (χ3n) is 5.41. The van der Waals surface area contributed by atoms with Gasteiger partial charge in [0, 0.05) is 43.7 Å². The van der Waals surface area contributed by atoms with Gasteiger partial charge >= 0.3 is 0 Å². The molecule has 1 unspecified atom stereocenters. The summed E-state index contributed by atoms with van der Waals surface area (Å²) >= 11 is 6.20. The van der Waals surface area contributed by atoms with Gasteiger partial charge in [-0.15, -0.1) is 0 Å². The van der Waals surface area contributed by atoms with Crippen molar-refractivity contribution in [2.75, 3.05) is 26.7 Å². The Morgan fingerprint density at radius 3 is 2.77 bits per heavy atom. The molecule has 1 amide bonds. The summed E-state index contributed by atoms with van der Waals surface area (Å²) in [5, 5.41) is 7.60. The van der Waals surface area contributed by atoms with E-state index >= 15 is 0 Å². The molecule has 1 saturated carbocycles. The number of likely N-dealkylation sites (tertiary alicyclic amines) is 1. The zero-order valence-corrected chi connectivity index (χ0v) is 16.3. The number of guanidine groups is 1. The van der Waals surface area contributed by atoms with Gasteiger partial charge in [0.1, 0.15) is 0 Å². The lowest BCUT2D eigenvalue weighted by molar-refractivity contribution is -0.134. The second-order valence-corrected chi connectivity index (χ2v) is 7.64. The molecule has 1 saturated heterocycles. The number of carbonyl (C=O) groups is 1. The van der Waals surface area contributed by atoms with Gasteiger partial charge in [-0.25, -0.2) is 0 Å². The van der Waals surface area contributed by atoms with E-state index in [4.69, 9.17) is 11.6 Å². The smallest absolute Gasteiger partial charge is 0.225 e. The predicted molar refractivity (Wildman–Crippen MR) is 107 cm³/mol. The minimum Gasteiger partial charge on any atom is -0.356 e. The first kappa shape index (κ1) is 19.0. The van der Waals surface area contributed by atoms with Crippen molar-refractivity contribution in [3.05, 3.63) is 34.9 Å². The van der Waals surface area contributed by atoms with Crippen molar-refractivity contribution in [2.24, 2.45) is 10.9 Å². The van der Waals surface area contributed by atoms with Gasteiger partial charge in [0.2, 0.25) is 5.91 Å². The van der Waals surface area contributed by atoms with Gasteiger partial charge in [-0.2, -0.15) is 0 Å². The van der Waals surface area contributed by atoms with E-state index in [1.54, 1.807) is 7.05 Å². The molecule has 0 aromatic heterocycles. The summed E-state index contributed by atoms with van der Waals surface area (Å²) in [6.45, 7) is 2.39. The number of nitrogens with one attached hydrogen (secondary N) is 2. The van der Waals surface area contributed by atoms with Gasteiger partial charge < -0.3 is 15.5 Å². The molecule has 1 aromatic rings. The van der Waals surface area contributed by atoms with Gasteiger partial charge in [-0.05, 0) is 37.3 Å². The molecule has 0 bridgehead atoms. The summed E-state index contributed by atoms with van der Waals surface area (Å²) in [6.07, 6.45) is 6.36. The molecule has 26 heavy (non-hydrogen) atoms. The zero-order valence-electron chi connectivity index (χ0n) is 15.5. The quantitative estimate of drug-likeness (QED) is 0.613. The zero-order chi connectivity index (χ0) is 18.4. The number of amides is 1. The minimum atomic E-state index is 0.266. The van der Waals surface area contributed by atoms with Crippen LogP contribution in [0.2, 0.25) is 5.02 Å². The SMILES string of the molecule is CN=C(NCCc1ccccc1Cl)NC1CCN(C(=O)C2CCCC2)C1. The van der Waals surface area contributed by atoms with Crippen molar-refractivity contribution in [3.8, 4) is 0 Å². The molecule has 1 aliphatic carbocycles. The lowest BCUT2D eigenvalue weighted by atomic mass is 10.1. The Bertz CT molecular complexity index is 642. The van der Waals surface area contributed by atoms with Gasteiger partial charge in [0.05, 0.1) is 0 Å². The summed E-state index contributed by atoms with van der Waals surface area (Å²) < 4.78 is 0. The second-order valence-electron chi connectivity index (χ2n) is 7.24. The van der Waals surface area contributed by atoms with Crippen LogP contribution in [0.15, 0.2) is 29.3 Å². The molecule has 142 valence electrons. The Balaban J connectivity index is 1.42. The molecule has 0 spiro atoms. The Morgan fingerprint density at radius 2 is 2.04 bits per heavy atom. The van der Waals surface area contributed by atoms with E-state index in [1.165, 1.54) is 12.8 Å². The summed E-state index contributed by atoms with van der Waals surface area (Å²) in [7, 11) is 1.78. The Morgan fingerprint density at radius 1 is 1.27 bits per heavy atom. The average Bonchev–Trinajstić information content (AvgIpc) is 3.34.